The number of hydrogen-bond acceptors (Lipinski definition) is 2. The van der Waals surface area contributed by atoms with Gasteiger partial charge in [-0.05, 0) is 11.1 Å². The second kappa shape index (κ2) is 6.04. The lowest BCUT2D eigenvalue weighted by Crippen LogP contribution is -2.22. The van der Waals surface area contributed by atoms with Crippen LogP contribution in [0.25, 0.3) is 0 Å². The first-order valence-electron chi connectivity index (χ1n) is 7.46. The molecule has 1 heterocycles. The molecule has 0 saturated heterocycles. The molecule has 2 nitrogen and oxygen atoms in total. The topological polar surface area (TPSA) is 6.48 Å². The summed E-state index contributed by atoms with van der Waals surface area (Å²) in [5, 5.41) is 0. The zero-order valence-electron chi connectivity index (χ0n) is 12.8. The summed E-state index contributed by atoms with van der Waals surface area (Å²) < 4.78 is 0. The molecule has 2 heteroatoms. The Morgan fingerprint density at radius 3 is 1.43 bits per heavy atom. The van der Waals surface area contributed by atoms with Gasteiger partial charge in [0.2, 0.25) is 0 Å². The maximum absolute atomic E-state index is 2.37. The lowest BCUT2D eigenvalue weighted by Gasteiger charge is -2.16. The standard InChI is InChI=1S/C19H22N2/c1-20-15-21(2)19(14-17-11-7-4-8-12-17)18(20)13-16-9-5-3-6-10-16/h3-12H,13-15H2,1-2H3. The van der Waals surface area contributed by atoms with Gasteiger partial charge in [0, 0.05) is 38.3 Å². The maximum Gasteiger partial charge on any atom is 0.0892 e. The molecule has 0 N–H and O–H groups in total. The molecular weight excluding hydrogens is 256 g/mol. The minimum atomic E-state index is 0.977. The Hall–Kier alpha value is -2.22. The monoisotopic (exact) mass is 278 g/mol. The van der Waals surface area contributed by atoms with Crippen LogP contribution in [0.5, 0.6) is 0 Å². The van der Waals surface area contributed by atoms with Crippen molar-refractivity contribution in [3.8, 4) is 0 Å². The summed E-state index contributed by atoms with van der Waals surface area (Å²) in [5.41, 5.74) is 5.63. The van der Waals surface area contributed by atoms with E-state index in [0.717, 1.165) is 19.5 Å². The van der Waals surface area contributed by atoms with Crippen LogP contribution in [0.2, 0.25) is 0 Å². The lowest BCUT2D eigenvalue weighted by atomic mass is 10.0. The largest absolute Gasteiger partial charge is 0.359 e. The number of likely N-dealkylation sites (N-methyl/N-ethyl adjacent to an activating group) is 2. The molecule has 3 rings (SSSR count). The highest BCUT2D eigenvalue weighted by atomic mass is 15.3. The molecule has 0 fully saturated rings. The summed E-state index contributed by atoms with van der Waals surface area (Å²) in [4.78, 5) is 4.73. The van der Waals surface area contributed by atoms with Crippen LogP contribution >= 0.6 is 0 Å². The van der Waals surface area contributed by atoms with Crippen LogP contribution in [0, 0.1) is 0 Å². The number of hydrogen-bond donors (Lipinski definition) is 0. The fraction of sp³-hybridized carbons (Fsp3) is 0.263. The summed E-state index contributed by atoms with van der Waals surface area (Å²) in [6, 6.07) is 21.4. The average molecular weight is 278 g/mol. The van der Waals surface area contributed by atoms with Gasteiger partial charge in [-0.2, -0.15) is 0 Å². The van der Waals surface area contributed by atoms with Crippen LogP contribution in [0.3, 0.4) is 0 Å². The summed E-state index contributed by atoms with van der Waals surface area (Å²) >= 11 is 0. The molecule has 0 atom stereocenters. The van der Waals surface area contributed by atoms with Crippen LogP contribution in [0.15, 0.2) is 72.1 Å². The van der Waals surface area contributed by atoms with Gasteiger partial charge in [0.25, 0.3) is 0 Å². The van der Waals surface area contributed by atoms with Crippen molar-refractivity contribution in [1.82, 2.24) is 9.80 Å². The quantitative estimate of drug-likeness (QED) is 0.844. The summed E-state index contributed by atoms with van der Waals surface area (Å²) in [7, 11) is 4.37. The van der Waals surface area contributed by atoms with E-state index in [1.54, 1.807) is 0 Å². The maximum atomic E-state index is 2.37. The summed E-state index contributed by atoms with van der Waals surface area (Å²) in [6.45, 7) is 0.977. The Labute approximate surface area is 127 Å². The SMILES string of the molecule is CN1CN(C)C(Cc2ccccc2)=C1Cc1ccccc1. The zero-order valence-corrected chi connectivity index (χ0v) is 12.8. The van der Waals surface area contributed by atoms with Gasteiger partial charge in [-0.1, -0.05) is 60.7 Å². The van der Waals surface area contributed by atoms with Crippen molar-refractivity contribution in [1.29, 1.82) is 0 Å². The van der Waals surface area contributed by atoms with Crippen molar-refractivity contribution in [2.24, 2.45) is 0 Å². The Morgan fingerprint density at radius 1 is 0.667 bits per heavy atom. The molecule has 0 spiro atoms. The van der Waals surface area contributed by atoms with Crippen molar-refractivity contribution in [3.05, 3.63) is 83.2 Å². The predicted octanol–water partition coefficient (Wildman–Crippen LogP) is 3.52. The number of allylic oxidation sites excluding steroid dienone is 2. The highest BCUT2D eigenvalue weighted by molar-refractivity contribution is 5.30. The average Bonchev–Trinajstić information content (AvgIpc) is 2.76. The Balaban J connectivity index is 1.88. The van der Waals surface area contributed by atoms with Crippen LogP contribution in [-0.2, 0) is 12.8 Å². The van der Waals surface area contributed by atoms with Crippen LogP contribution < -0.4 is 0 Å². The van der Waals surface area contributed by atoms with E-state index in [1.807, 2.05) is 0 Å². The third-order valence-electron chi connectivity index (χ3n) is 4.11. The van der Waals surface area contributed by atoms with E-state index in [-0.39, 0.29) is 0 Å². The van der Waals surface area contributed by atoms with Gasteiger partial charge >= 0.3 is 0 Å². The molecule has 0 unspecified atom stereocenters. The Bertz CT molecular complexity index is 561. The van der Waals surface area contributed by atoms with Crippen LogP contribution in [-0.4, -0.2) is 30.6 Å². The number of rotatable bonds is 4. The molecule has 0 aromatic heterocycles. The van der Waals surface area contributed by atoms with E-state index in [2.05, 4.69) is 84.6 Å². The minimum absolute atomic E-state index is 0.977. The summed E-state index contributed by atoms with van der Waals surface area (Å²) in [6.07, 6.45) is 2.01. The van der Waals surface area contributed by atoms with Gasteiger partial charge in [0.05, 0.1) is 6.67 Å². The van der Waals surface area contributed by atoms with E-state index in [9.17, 15) is 0 Å². The van der Waals surface area contributed by atoms with Gasteiger partial charge in [-0.3, -0.25) is 0 Å². The molecule has 0 amide bonds. The molecule has 2 aromatic rings. The van der Waals surface area contributed by atoms with Gasteiger partial charge in [0.15, 0.2) is 0 Å². The highest BCUT2D eigenvalue weighted by Gasteiger charge is 2.23. The molecule has 108 valence electrons. The first kappa shape index (κ1) is 13.7. The first-order valence-corrected chi connectivity index (χ1v) is 7.46. The molecule has 0 radical (unpaired) electrons. The fourth-order valence-corrected chi connectivity index (χ4v) is 2.98. The van der Waals surface area contributed by atoms with Crippen LogP contribution in [0.4, 0.5) is 0 Å². The molecule has 1 aliphatic rings. The molecule has 0 bridgehead atoms. The Morgan fingerprint density at radius 2 is 1.05 bits per heavy atom. The minimum Gasteiger partial charge on any atom is -0.359 e. The van der Waals surface area contributed by atoms with Crippen molar-refractivity contribution < 1.29 is 0 Å². The van der Waals surface area contributed by atoms with Crippen molar-refractivity contribution >= 4 is 0 Å². The molecular formula is C19H22N2. The first-order chi connectivity index (χ1) is 10.2. The third kappa shape index (κ3) is 3.10. The number of nitrogens with zero attached hydrogens (tertiary/aromatic N) is 2. The smallest absolute Gasteiger partial charge is 0.0892 e. The van der Waals surface area contributed by atoms with E-state index >= 15 is 0 Å². The molecule has 0 saturated carbocycles. The molecule has 0 aliphatic carbocycles. The van der Waals surface area contributed by atoms with E-state index in [1.165, 1.54) is 22.5 Å². The fourth-order valence-electron chi connectivity index (χ4n) is 2.98. The second-order valence-corrected chi connectivity index (χ2v) is 5.76. The van der Waals surface area contributed by atoms with Gasteiger partial charge in [0.1, 0.15) is 0 Å². The normalized spacial score (nSPS) is 15.0. The second-order valence-electron chi connectivity index (χ2n) is 5.76. The van der Waals surface area contributed by atoms with Gasteiger partial charge in [-0.15, -0.1) is 0 Å². The molecule has 21 heavy (non-hydrogen) atoms. The van der Waals surface area contributed by atoms with Crippen molar-refractivity contribution in [2.75, 3.05) is 20.8 Å². The van der Waals surface area contributed by atoms with Crippen LogP contribution in [0.1, 0.15) is 11.1 Å². The highest BCUT2D eigenvalue weighted by Crippen LogP contribution is 2.26. The summed E-state index contributed by atoms with van der Waals surface area (Å²) in [5.74, 6) is 0. The third-order valence-corrected chi connectivity index (χ3v) is 4.11. The van der Waals surface area contributed by atoms with E-state index in [0.29, 0.717) is 0 Å². The Kier molecular flexibility index (Phi) is 3.96. The molecule has 1 aliphatic heterocycles. The lowest BCUT2D eigenvalue weighted by molar-refractivity contribution is 0.313. The predicted molar refractivity (Wildman–Crippen MR) is 87.7 cm³/mol. The van der Waals surface area contributed by atoms with Crippen molar-refractivity contribution in [2.45, 2.75) is 12.8 Å². The number of benzene rings is 2. The zero-order chi connectivity index (χ0) is 14.7. The molecule has 2 aromatic carbocycles. The van der Waals surface area contributed by atoms with Gasteiger partial charge < -0.3 is 9.80 Å². The van der Waals surface area contributed by atoms with Crippen molar-refractivity contribution in [3.63, 3.8) is 0 Å². The van der Waals surface area contributed by atoms with E-state index < -0.39 is 0 Å². The van der Waals surface area contributed by atoms with E-state index in [4.69, 9.17) is 0 Å². The van der Waals surface area contributed by atoms with Gasteiger partial charge in [-0.25, -0.2) is 0 Å².